The first-order valence-corrected chi connectivity index (χ1v) is 4.13. The maximum atomic E-state index is 8.76. The minimum Gasteiger partial charge on any atom is -0.394 e. The molecule has 0 saturated carbocycles. The lowest BCUT2D eigenvalue weighted by atomic mass is 10.0. The van der Waals surface area contributed by atoms with Gasteiger partial charge in [0, 0.05) is 0 Å². The third-order valence-electron chi connectivity index (χ3n) is 2.24. The monoisotopic (exact) mass is 156 g/mol. The van der Waals surface area contributed by atoms with Gasteiger partial charge in [0.2, 0.25) is 0 Å². The second-order valence-electron chi connectivity index (χ2n) is 3.21. The molecule has 64 valence electrons. The smallest absolute Gasteiger partial charge is 0.110 e. The van der Waals surface area contributed by atoms with Gasteiger partial charge in [-0.25, -0.2) is 0 Å². The van der Waals surface area contributed by atoms with Crippen molar-refractivity contribution in [1.82, 2.24) is 0 Å². The van der Waals surface area contributed by atoms with Gasteiger partial charge < -0.3 is 9.84 Å². The van der Waals surface area contributed by atoms with Crippen molar-refractivity contribution in [3.63, 3.8) is 0 Å². The summed E-state index contributed by atoms with van der Waals surface area (Å²) < 4.78 is 5.32. The molecule has 1 heterocycles. The minimum absolute atomic E-state index is 0.0335. The van der Waals surface area contributed by atoms with Crippen LogP contribution in [0.5, 0.6) is 0 Å². The summed E-state index contributed by atoms with van der Waals surface area (Å²) in [6, 6.07) is 0. The fourth-order valence-electron chi connectivity index (χ4n) is 1.28. The van der Waals surface area contributed by atoms with Crippen LogP contribution in [0.25, 0.3) is 0 Å². The molecule has 0 unspecified atom stereocenters. The standard InChI is InChI=1S/C9H16O2/c1-3-4-5-6-9(2)8(7-10)11-9/h3-4,8,10H,5-7H2,1-2H3/b4-3+/t8-,9+/m0/s1. The third-order valence-corrected chi connectivity index (χ3v) is 2.24. The first kappa shape index (κ1) is 8.75. The van der Waals surface area contributed by atoms with Gasteiger partial charge in [-0.15, -0.1) is 0 Å². The number of ether oxygens (including phenoxy) is 1. The average Bonchev–Trinajstić information content (AvgIpc) is 2.63. The molecule has 2 nitrogen and oxygen atoms in total. The molecular weight excluding hydrogens is 140 g/mol. The summed E-state index contributed by atoms with van der Waals surface area (Å²) in [6.45, 7) is 4.23. The van der Waals surface area contributed by atoms with Gasteiger partial charge in [0.25, 0.3) is 0 Å². The van der Waals surface area contributed by atoms with E-state index in [9.17, 15) is 0 Å². The zero-order valence-corrected chi connectivity index (χ0v) is 7.21. The second kappa shape index (κ2) is 3.37. The van der Waals surface area contributed by atoms with Crippen LogP contribution in [0.1, 0.15) is 26.7 Å². The number of hydrogen-bond acceptors (Lipinski definition) is 2. The highest BCUT2D eigenvalue weighted by atomic mass is 16.6. The Labute approximate surface area is 67.9 Å². The molecule has 0 amide bonds. The van der Waals surface area contributed by atoms with Crippen LogP contribution >= 0.6 is 0 Å². The molecule has 1 saturated heterocycles. The third kappa shape index (κ3) is 2.04. The fourth-order valence-corrected chi connectivity index (χ4v) is 1.28. The molecule has 0 aromatic rings. The van der Waals surface area contributed by atoms with E-state index < -0.39 is 0 Å². The average molecular weight is 156 g/mol. The van der Waals surface area contributed by atoms with E-state index >= 15 is 0 Å². The molecule has 1 rings (SSSR count). The molecular formula is C9H16O2. The van der Waals surface area contributed by atoms with Crippen LogP contribution in [0.3, 0.4) is 0 Å². The molecule has 0 aliphatic carbocycles. The van der Waals surface area contributed by atoms with Crippen molar-refractivity contribution in [2.45, 2.75) is 38.4 Å². The summed E-state index contributed by atoms with van der Waals surface area (Å²) in [7, 11) is 0. The topological polar surface area (TPSA) is 32.8 Å². The van der Waals surface area contributed by atoms with Gasteiger partial charge in [-0.2, -0.15) is 0 Å². The van der Waals surface area contributed by atoms with E-state index in [1.807, 2.05) is 13.0 Å². The predicted molar refractivity (Wildman–Crippen MR) is 44.4 cm³/mol. The minimum atomic E-state index is -0.0335. The van der Waals surface area contributed by atoms with E-state index in [1.165, 1.54) is 0 Å². The zero-order chi connectivity index (χ0) is 8.32. The van der Waals surface area contributed by atoms with Crippen molar-refractivity contribution < 1.29 is 9.84 Å². The van der Waals surface area contributed by atoms with E-state index in [2.05, 4.69) is 13.0 Å². The highest BCUT2D eigenvalue weighted by Crippen LogP contribution is 2.39. The van der Waals surface area contributed by atoms with Crippen LogP contribution < -0.4 is 0 Å². The highest BCUT2D eigenvalue weighted by molar-refractivity contribution is 4.99. The van der Waals surface area contributed by atoms with Crippen LogP contribution in [0, 0.1) is 0 Å². The van der Waals surface area contributed by atoms with Crippen molar-refractivity contribution in [3.8, 4) is 0 Å². The SMILES string of the molecule is C/C=C/CC[C@@]1(C)O[C@H]1CO. The number of aliphatic hydroxyl groups excluding tert-OH is 1. The summed E-state index contributed by atoms with van der Waals surface area (Å²) in [4.78, 5) is 0. The zero-order valence-electron chi connectivity index (χ0n) is 7.21. The summed E-state index contributed by atoms with van der Waals surface area (Å²) in [6.07, 6.45) is 6.32. The Bertz CT molecular complexity index is 154. The van der Waals surface area contributed by atoms with Crippen LogP contribution in [-0.2, 0) is 4.74 Å². The summed E-state index contributed by atoms with van der Waals surface area (Å²) in [5, 5.41) is 8.76. The Kier molecular flexibility index (Phi) is 2.68. The first-order chi connectivity index (χ1) is 5.23. The molecule has 1 aliphatic rings. The molecule has 2 heteroatoms. The molecule has 1 fully saturated rings. The fraction of sp³-hybridized carbons (Fsp3) is 0.778. The molecule has 2 atom stereocenters. The van der Waals surface area contributed by atoms with Gasteiger partial charge in [-0.1, -0.05) is 12.2 Å². The molecule has 0 bridgehead atoms. The molecule has 0 radical (unpaired) electrons. The lowest BCUT2D eigenvalue weighted by Gasteiger charge is -2.01. The predicted octanol–water partition coefficient (Wildman–Crippen LogP) is 1.49. The summed E-state index contributed by atoms with van der Waals surface area (Å²) >= 11 is 0. The van der Waals surface area contributed by atoms with Gasteiger partial charge in [0.15, 0.2) is 0 Å². The Balaban J connectivity index is 2.17. The lowest BCUT2D eigenvalue weighted by Crippen LogP contribution is -2.11. The molecule has 11 heavy (non-hydrogen) atoms. The summed E-state index contributed by atoms with van der Waals surface area (Å²) in [5.41, 5.74) is -0.0335. The maximum absolute atomic E-state index is 8.76. The van der Waals surface area contributed by atoms with E-state index in [-0.39, 0.29) is 18.3 Å². The largest absolute Gasteiger partial charge is 0.394 e. The normalized spacial score (nSPS) is 36.5. The second-order valence-corrected chi connectivity index (χ2v) is 3.21. The molecule has 0 spiro atoms. The maximum Gasteiger partial charge on any atom is 0.110 e. The van der Waals surface area contributed by atoms with Crippen LogP contribution in [0.15, 0.2) is 12.2 Å². The Hall–Kier alpha value is -0.340. The highest BCUT2D eigenvalue weighted by Gasteiger charge is 2.50. The lowest BCUT2D eigenvalue weighted by molar-refractivity contribution is 0.235. The Morgan fingerprint density at radius 3 is 2.82 bits per heavy atom. The first-order valence-electron chi connectivity index (χ1n) is 4.13. The van der Waals surface area contributed by atoms with Gasteiger partial charge in [-0.3, -0.25) is 0 Å². The van der Waals surface area contributed by atoms with Crippen LogP contribution in [0.2, 0.25) is 0 Å². The van der Waals surface area contributed by atoms with Crippen LogP contribution in [-0.4, -0.2) is 23.4 Å². The van der Waals surface area contributed by atoms with E-state index in [1.54, 1.807) is 0 Å². The number of hydrogen-bond donors (Lipinski definition) is 1. The van der Waals surface area contributed by atoms with Gasteiger partial charge >= 0.3 is 0 Å². The van der Waals surface area contributed by atoms with E-state index in [0.29, 0.717) is 0 Å². The van der Waals surface area contributed by atoms with Gasteiger partial charge in [0.1, 0.15) is 6.10 Å². The van der Waals surface area contributed by atoms with E-state index in [0.717, 1.165) is 12.8 Å². The van der Waals surface area contributed by atoms with Gasteiger partial charge in [0.05, 0.1) is 12.2 Å². The number of aliphatic hydroxyl groups is 1. The van der Waals surface area contributed by atoms with Crippen molar-refractivity contribution in [2.24, 2.45) is 0 Å². The van der Waals surface area contributed by atoms with Crippen molar-refractivity contribution in [1.29, 1.82) is 0 Å². The summed E-state index contributed by atoms with van der Waals surface area (Å²) in [5.74, 6) is 0. The van der Waals surface area contributed by atoms with E-state index in [4.69, 9.17) is 9.84 Å². The number of epoxide rings is 1. The quantitative estimate of drug-likeness (QED) is 0.494. The molecule has 0 aromatic carbocycles. The molecule has 1 N–H and O–H groups in total. The van der Waals surface area contributed by atoms with Crippen molar-refractivity contribution in [2.75, 3.05) is 6.61 Å². The van der Waals surface area contributed by atoms with Crippen molar-refractivity contribution >= 4 is 0 Å². The Morgan fingerprint density at radius 1 is 1.64 bits per heavy atom. The van der Waals surface area contributed by atoms with Crippen LogP contribution in [0.4, 0.5) is 0 Å². The number of rotatable bonds is 4. The molecule has 0 aromatic heterocycles. The molecule has 1 aliphatic heterocycles. The Morgan fingerprint density at radius 2 is 2.36 bits per heavy atom. The number of allylic oxidation sites excluding steroid dienone is 2. The van der Waals surface area contributed by atoms with Crippen molar-refractivity contribution in [3.05, 3.63) is 12.2 Å². The van der Waals surface area contributed by atoms with Gasteiger partial charge in [-0.05, 0) is 26.7 Å².